The number of hydrogen-bond acceptors (Lipinski definition) is 2. The third-order valence-corrected chi connectivity index (χ3v) is 5.32. The van der Waals surface area contributed by atoms with Gasteiger partial charge in [-0.15, -0.1) is 11.3 Å². The minimum Gasteiger partial charge on any atom is -0.387 e. The summed E-state index contributed by atoms with van der Waals surface area (Å²) in [6, 6.07) is 14.9. The van der Waals surface area contributed by atoms with E-state index in [4.69, 9.17) is 0 Å². The van der Waals surface area contributed by atoms with Crippen LogP contribution in [0, 0.1) is 5.82 Å². The average molecular weight is 351 g/mol. The standard InChI is InChI=1S/C16H12BrFOS/c17-16-11(5-3-6-12(16)18)8-13(19)15-9-10-4-1-2-7-14(10)20-15/h1-7,9,13,19H,8H2. The summed E-state index contributed by atoms with van der Waals surface area (Å²) in [5, 5.41) is 11.5. The van der Waals surface area contributed by atoms with E-state index < -0.39 is 6.10 Å². The fourth-order valence-corrected chi connectivity index (χ4v) is 3.66. The number of rotatable bonds is 3. The lowest BCUT2D eigenvalue weighted by Crippen LogP contribution is -2.01. The molecule has 3 aromatic rings. The average Bonchev–Trinajstić information content (AvgIpc) is 2.88. The molecule has 20 heavy (non-hydrogen) atoms. The maximum Gasteiger partial charge on any atom is 0.137 e. The molecule has 0 aliphatic rings. The number of hydrogen-bond donors (Lipinski definition) is 1. The van der Waals surface area contributed by atoms with Crippen molar-refractivity contribution in [1.29, 1.82) is 0 Å². The van der Waals surface area contributed by atoms with Crippen LogP contribution in [0.15, 0.2) is 53.0 Å². The zero-order valence-electron chi connectivity index (χ0n) is 10.5. The topological polar surface area (TPSA) is 20.2 Å². The van der Waals surface area contributed by atoms with Gasteiger partial charge in [-0.2, -0.15) is 0 Å². The van der Waals surface area contributed by atoms with E-state index in [-0.39, 0.29) is 5.82 Å². The smallest absolute Gasteiger partial charge is 0.137 e. The molecule has 102 valence electrons. The summed E-state index contributed by atoms with van der Waals surface area (Å²) in [6.45, 7) is 0. The minimum atomic E-state index is -0.620. The zero-order chi connectivity index (χ0) is 14.1. The van der Waals surface area contributed by atoms with Gasteiger partial charge in [0.1, 0.15) is 5.82 Å². The van der Waals surface area contributed by atoms with Crippen LogP contribution in [-0.2, 0) is 6.42 Å². The molecule has 0 saturated heterocycles. The van der Waals surface area contributed by atoms with Gasteiger partial charge in [-0.1, -0.05) is 30.3 Å². The molecule has 3 rings (SSSR count). The van der Waals surface area contributed by atoms with Crippen molar-refractivity contribution in [3.8, 4) is 0 Å². The summed E-state index contributed by atoms with van der Waals surface area (Å²) < 4.78 is 15.1. The Balaban J connectivity index is 1.89. The molecule has 0 saturated carbocycles. The molecule has 0 radical (unpaired) electrons. The molecule has 2 aromatic carbocycles. The SMILES string of the molecule is OC(Cc1cccc(F)c1Br)c1cc2ccccc2s1. The van der Waals surface area contributed by atoms with Gasteiger partial charge in [-0.25, -0.2) is 4.39 Å². The minimum absolute atomic E-state index is 0.300. The van der Waals surface area contributed by atoms with Crippen LogP contribution in [0.25, 0.3) is 10.1 Å². The number of fused-ring (bicyclic) bond motifs is 1. The molecule has 0 amide bonds. The van der Waals surface area contributed by atoms with Crippen LogP contribution in [0.1, 0.15) is 16.5 Å². The Morgan fingerprint density at radius 3 is 2.75 bits per heavy atom. The van der Waals surface area contributed by atoms with Crippen LogP contribution in [0.3, 0.4) is 0 Å². The summed E-state index contributed by atoms with van der Waals surface area (Å²) >= 11 is 4.81. The number of thiophene rings is 1. The van der Waals surface area contributed by atoms with E-state index in [0.717, 1.165) is 20.5 Å². The molecule has 1 aromatic heterocycles. The summed E-state index contributed by atoms with van der Waals surface area (Å²) in [7, 11) is 0. The summed E-state index contributed by atoms with van der Waals surface area (Å²) in [4.78, 5) is 0.905. The second kappa shape index (κ2) is 5.64. The van der Waals surface area contributed by atoms with E-state index in [9.17, 15) is 9.50 Å². The van der Waals surface area contributed by atoms with Gasteiger partial charge >= 0.3 is 0 Å². The van der Waals surface area contributed by atoms with Crippen LogP contribution < -0.4 is 0 Å². The predicted octanol–water partition coefficient (Wildman–Crippen LogP) is 5.08. The molecule has 1 nitrogen and oxygen atoms in total. The van der Waals surface area contributed by atoms with Gasteiger partial charge < -0.3 is 5.11 Å². The van der Waals surface area contributed by atoms with Crippen molar-refractivity contribution in [1.82, 2.24) is 0 Å². The second-order valence-corrected chi connectivity index (χ2v) is 6.53. The Labute approximate surface area is 128 Å². The van der Waals surface area contributed by atoms with E-state index in [1.165, 1.54) is 6.07 Å². The molecule has 1 heterocycles. The molecular formula is C16H12BrFOS. The lowest BCUT2D eigenvalue weighted by molar-refractivity contribution is 0.182. The van der Waals surface area contributed by atoms with Crippen molar-refractivity contribution in [3.63, 3.8) is 0 Å². The van der Waals surface area contributed by atoms with Crippen LogP contribution in [0.2, 0.25) is 0 Å². The molecule has 1 N–H and O–H groups in total. The maximum absolute atomic E-state index is 13.5. The number of benzene rings is 2. The maximum atomic E-state index is 13.5. The van der Waals surface area contributed by atoms with Crippen molar-refractivity contribution in [3.05, 3.63) is 69.3 Å². The Bertz CT molecular complexity index is 720. The Morgan fingerprint density at radius 2 is 1.95 bits per heavy atom. The molecule has 0 aliphatic carbocycles. The van der Waals surface area contributed by atoms with Gasteiger partial charge in [0, 0.05) is 16.0 Å². The number of aliphatic hydroxyl groups excluding tert-OH is 1. The second-order valence-electron chi connectivity index (χ2n) is 4.62. The Hall–Kier alpha value is -1.23. The highest BCUT2D eigenvalue weighted by Gasteiger charge is 2.15. The van der Waals surface area contributed by atoms with E-state index in [1.54, 1.807) is 17.4 Å². The predicted molar refractivity (Wildman–Crippen MR) is 84.6 cm³/mol. The number of aliphatic hydroxyl groups is 1. The highest BCUT2D eigenvalue weighted by atomic mass is 79.9. The largest absolute Gasteiger partial charge is 0.387 e. The third-order valence-electron chi connectivity index (χ3n) is 3.22. The van der Waals surface area contributed by atoms with Crippen molar-refractivity contribution >= 4 is 37.4 Å². The lowest BCUT2D eigenvalue weighted by Gasteiger charge is -2.10. The third kappa shape index (κ3) is 2.64. The first-order valence-corrected chi connectivity index (χ1v) is 7.85. The van der Waals surface area contributed by atoms with Gasteiger partial charge in [0.2, 0.25) is 0 Å². The molecule has 0 spiro atoms. The first kappa shape index (κ1) is 13.7. The monoisotopic (exact) mass is 350 g/mol. The van der Waals surface area contributed by atoms with Gasteiger partial charge in [0.25, 0.3) is 0 Å². The van der Waals surface area contributed by atoms with Crippen molar-refractivity contribution in [2.75, 3.05) is 0 Å². The molecule has 1 atom stereocenters. The van der Waals surface area contributed by atoms with Crippen LogP contribution in [-0.4, -0.2) is 5.11 Å². The summed E-state index contributed by atoms with van der Waals surface area (Å²) in [6.07, 6.45) is -0.226. The van der Waals surface area contributed by atoms with E-state index in [0.29, 0.717) is 10.9 Å². The van der Waals surface area contributed by atoms with E-state index >= 15 is 0 Å². The van der Waals surface area contributed by atoms with Crippen molar-refractivity contribution < 1.29 is 9.50 Å². The Morgan fingerprint density at radius 1 is 1.15 bits per heavy atom. The first-order valence-electron chi connectivity index (χ1n) is 6.24. The van der Waals surface area contributed by atoms with Gasteiger partial charge in [0.05, 0.1) is 10.6 Å². The van der Waals surface area contributed by atoms with Gasteiger partial charge in [0.15, 0.2) is 0 Å². The highest BCUT2D eigenvalue weighted by Crippen LogP contribution is 2.33. The van der Waals surface area contributed by atoms with Gasteiger partial charge in [-0.3, -0.25) is 0 Å². The molecule has 4 heteroatoms. The quantitative estimate of drug-likeness (QED) is 0.698. The summed E-state index contributed by atoms with van der Waals surface area (Å²) in [5.41, 5.74) is 0.773. The van der Waals surface area contributed by atoms with Crippen molar-refractivity contribution in [2.24, 2.45) is 0 Å². The lowest BCUT2D eigenvalue weighted by atomic mass is 10.1. The highest BCUT2D eigenvalue weighted by molar-refractivity contribution is 9.10. The van der Waals surface area contributed by atoms with Crippen LogP contribution >= 0.6 is 27.3 Å². The van der Waals surface area contributed by atoms with Crippen LogP contribution in [0.5, 0.6) is 0 Å². The van der Waals surface area contributed by atoms with Crippen molar-refractivity contribution in [2.45, 2.75) is 12.5 Å². The summed E-state index contributed by atoms with van der Waals surface area (Å²) in [5.74, 6) is -0.300. The van der Waals surface area contributed by atoms with E-state index in [2.05, 4.69) is 15.9 Å². The molecule has 0 aliphatic heterocycles. The number of halogens is 2. The molecular weight excluding hydrogens is 339 g/mol. The van der Waals surface area contributed by atoms with Crippen LogP contribution in [0.4, 0.5) is 4.39 Å². The van der Waals surface area contributed by atoms with E-state index in [1.807, 2.05) is 36.4 Å². The normalized spacial score (nSPS) is 12.8. The fourth-order valence-electron chi connectivity index (χ4n) is 2.18. The first-order chi connectivity index (χ1) is 9.65. The van der Waals surface area contributed by atoms with Gasteiger partial charge in [-0.05, 0) is 45.1 Å². The fraction of sp³-hybridized carbons (Fsp3) is 0.125. The molecule has 0 bridgehead atoms. The molecule has 0 fully saturated rings. The Kier molecular flexibility index (Phi) is 3.87. The zero-order valence-corrected chi connectivity index (χ0v) is 12.9. The molecule has 1 unspecified atom stereocenters.